The second-order valence-corrected chi connectivity index (χ2v) is 4.51. The molecule has 88 valence electrons. The maximum atomic E-state index is 11.7. The third-order valence-electron chi connectivity index (χ3n) is 2.76. The van der Waals surface area contributed by atoms with Crippen molar-refractivity contribution in [2.45, 2.75) is 19.8 Å². The van der Waals surface area contributed by atoms with E-state index in [1.807, 2.05) is 13.8 Å². The van der Waals surface area contributed by atoms with Crippen LogP contribution < -0.4 is 10.6 Å². The number of amides is 1. The fourth-order valence-corrected chi connectivity index (χ4v) is 1.48. The number of hydrogen-bond acceptors (Lipinski definition) is 4. The van der Waals surface area contributed by atoms with E-state index in [1.54, 1.807) is 6.07 Å². The summed E-state index contributed by atoms with van der Waals surface area (Å²) in [6.45, 7) is 6.69. The van der Waals surface area contributed by atoms with Crippen molar-refractivity contribution in [3.63, 3.8) is 0 Å². The molecular weight excluding hydrogens is 206 g/mol. The topological polar surface area (TPSA) is 67.2 Å². The molecule has 2 rings (SSSR count). The lowest BCUT2D eigenvalue weighted by molar-refractivity contribution is 0.0905. The molecule has 1 aromatic heterocycles. The highest BCUT2D eigenvalue weighted by molar-refractivity contribution is 5.91. The molecule has 0 aliphatic carbocycles. The van der Waals surface area contributed by atoms with Gasteiger partial charge in [0.15, 0.2) is 0 Å². The molecule has 0 atom stereocenters. The maximum absolute atomic E-state index is 11.7. The molecule has 0 aromatic carbocycles. The number of nitrogens with one attached hydrogen (secondary N) is 2. The van der Waals surface area contributed by atoms with Gasteiger partial charge in [0.1, 0.15) is 0 Å². The van der Waals surface area contributed by atoms with E-state index in [2.05, 4.69) is 15.8 Å². The van der Waals surface area contributed by atoms with E-state index < -0.39 is 0 Å². The van der Waals surface area contributed by atoms with Crippen LogP contribution in [0.5, 0.6) is 0 Å². The van der Waals surface area contributed by atoms with Gasteiger partial charge in [0.05, 0.1) is 5.69 Å². The van der Waals surface area contributed by atoms with E-state index in [9.17, 15) is 4.79 Å². The van der Waals surface area contributed by atoms with Gasteiger partial charge in [-0.05, 0) is 5.92 Å². The molecular formula is C11H17N3O2. The Morgan fingerprint density at radius 2 is 2.44 bits per heavy atom. The lowest BCUT2D eigenvalue weighted by Crippen LogP contribution is -2.48. The standard InChI is InChI=1S/C11H17N3O2/c1-7(2)9-3-10(16-14-9)11(15)13-6-8-4-12-5-8/h3,7-8,12H,4-6H2,1-2H3,(H,13,15). The number of rotatable bonds is 4. The lowest BCUT2D eigenvalue weighted by Gasteiger charge is -2.26. The first kappa shape index (κ1) is 11.1. The van der Waals surface area contributed by atoms with Crippen LogP contribution in [0.15, 0.2) is 10.6 Å². The monoisotopic (exact) mass is 223 g/mol. The fraction of sp³-hybridized carbons (Fsp3) is 0.636. The molecule has 1 aromatic rings. The second kappa shape index (κ2) is 4.65. The third-order valence-corrected chi connectivity index (χ3v) is 2.76. The summed E-state index contributed by atoms with van der Waals surface area (Å²) in [6, 6.07) is 1.71. The normalized spacial score (nSPS) is 16.2. The number of carbonyl (C=O) groups is 1. The first-order valence-corrected chi connectivity index (χ1v) is 5.62. The summed E-state index contributed by atoms with van der Waals surface area (Å²) < 4.78 is 4.99. The molecule has 1 amide bonds. The van der Waals surface area contributed by atoms with Gasteiger partial charge in [0, 0.05) is 31.6 Å². The van der Waals surface area contributed by atoms with Crippen molar-refractivity contribution in [1.29, 1.82) is 0 Å². The number of aromatic nitrogens is 1. The molecule has 2 heterocycles. The number of carbonyl (C=O) groups excluding carboxylic acids is 1. The minimum absolute atomic E-state index is 0.175. The van der Waals surface area contributed by atoms with Gasteiger partial charge in [-0.1, -0.05) is 19.0 Å². The molecule has 5 nitrogen and oxygen atoms in total. The number of nitrogens with zero attached hydrogens (tertiary/aromatic N) is 1. The van der Waals surface area contributed by atoms with Crippen LogP contribution in [0.3, 0.4) is 0 Å². The van der Waals surface area contributed by atoms with Gasteiger partial charge < -0.3 is 15.2 Å². The first-order chi connectivity index (χ1) is 7.66. The van der Waals surface area contributed by atoms with Crippen LogP contribution in [-0.4, -0.2) is 30.7 Å². The smallest absolute Gasteiger partial charge is 0.289 e. The third kappa shape index (κ3) is 2.41. The van der Waals surface area contributed by atoms with Crippen LogP contribution in [0.4, 0.5) is 0 Å². The molecule has 0 radical (unpaired) electrons. The lowest BCUT2D eigenvalue weighted by atomic mass is 10.0. The van der Waals surface area contributed by atoms with Crippen molar-refractivity contribution in [3.05, 3.63) is 17.5 Å². The zero-order valence-electron chi connectivity index (χ0n) is 9.62. The fourth-order valence-electron chi connectivity index (χ4n) is 1.48. The molecule has 16 heavy (non-hydrogen) atoms. The Hall–Kier alpha value is -1.36. The molecule has 0 spiro atoms. The van der Waals surface area contributed by atoms with Crippen molar-refractivity contribution in [1.82, 2.24) is 15.8 Å². The van der Waals surface area contributed by atoms with Crippen molar-refractivity contribution in [2.24, 2.45) is 5.92 Å². The van der Waals surface area contributed by atoms with E-state index >= 15 is 0 Å². The molecule has 1 saturated heterocycles. The average Bonchev–Trinajstić information content (AvgIpc) is 2.63. The minimum atomic E-state index is -0.175. The average molecular weight is 223 g/mol. The maximum Gasteiger partial charge on any atom is 0.289 e. The van der Waals surface area contributed by atoms with Crippen LogP contribution in [0.2, 0.25) is 0 Å². The van der Waals surface area contributed by atoms with E-state index in [1.165, 1.54) is 0 Å². The zero-order chi connectivity index (χ0) is 11.5. The first-order valence-electron chi connectivity index (χ1n) is 5.62. The molecule has 2 N–H and O–H groups in total. The number of hydrogen-bond donors (Lipinski definition) is 2. The minimum Gasteiger partial charge on any atom is -0.351 e. The Balaban J connectivity index is 1.87. The molecule has 0 bridgehead atoms. The Morgan fingerprint density at radius 3 is 2.94 bits per heavy atom. The van der Waals surface area contributed by atoms with Crippen molar-refractivity contribution >= 4 is 5.91 Å². The Kier molecular flexibility index (Phi) is 3.24. The highest BCUT2D eigenvalue weighted by Gasteiger charge is 2.19. The van der Waals surface area contributed by atoms with Gasteiger partial charge in [-0.2, -0.15) is 0 Å². The van der Waals surface area contributed by atoms with Crippen LogP contribution in [0.1, 0.15) is 36.0 Å². The van der Waals surface area contributed by atoms with Crippen molar-refractivity contribution in [3.8, 4) is 0 Å². The summed E-state index contributed by atoms with van der Waals surface area (Å²) in [5, 5.41) is 9.85. The van der Waals surface area contributed by atoms with Gasteiger partial charge in [-0.15, -0.1) is 0 Å². The predicted octanol–water partition coefficient (Wildman–Crippen LogP) is 0.747. The second-order valence-electron chi connectivity index (χ2n) is 4.51. The summed E-state index contributed by atoms with van der Waals surface area (Å²) in [4.78, 5) is 11.7. The summed E-state index contributed by atoms with van der Waals surface area (Å²) >= 11 is 0. The van der Waals surface area contributed by atoms with Crippen LogP contribution >= 0.6 is 0 Å². The van der Waals surface area contributed by atoms with E-state index in [0.29, 0.717) is 18.2 Å². The van der Waals surface area contributed by atoms with Gasteiger partial charge in [0.2, 0.25) is 5.76 Å². The Bertz CT molecular complexity index is 369. The molecule has 0 saturated carbocycles. The largest absolute Gasteiger partial charge is 0.351 e. The van der Waals surface area contributed by atoms with Gasteiger partial charge in [-0.3, -0.25) is 4.79 Å². The van der Waals surface area contributed by atoms with Crippen LogP contribution in [-0.2, 0) is 0 Å². The molecule has 1 fully saturated rings. The van der Waals surface area contributed by atoms with Gasteiger partial charge in [0.25, 0.3) is 5.91 Å². The SMILES string of the molecule is CC(C)c1cc(C(=O)NCC2CNC2)on1. The van der Waals surface area contributed by atoms with Gasteiger partial charge in [-0.25, -0.2) is 0 Å². The van der Waals surface area contributed by atoms with Gasteiger partial charge >= 0.3 is 0 Å². The van der Waals surface area contributed by atoms with E-state index in [-0.39, 0.29) is 11.8 Å². The molecule has 5 heteroatoms. The molecule has 0 unspecified atom stereocenters. The summed E-state index contributed by atoms with van der Waals surface area (Å²) in [5.41, 5.74) is 0.815. The Morgan fingerprint density at radius 1 is 1.69 bits per heavy atom. The van der Waals surface area contributed by atoms with Crippen molar-refractivity contribution in [2.75, 3.05) is 19.6 Å². The Labute approximate surface area is 94.6 Å². The van der Waals surface area contributed by atoms with Crippen LogP contribution in [0.25, 0.3) is 0 Å². The summed E-state index contributed by atoms with van der Waals surface area (Å²) in [5.74, 6) is 0.958. The summed E-state index contributed by atoms with van der Waals surface area (Å²) in [7, 11) is 0. The predicted molar refractivity (Wildman–Crippen MR) is 59.3 cm³/mol. The molecule has 1 aliphatic rings. The zero-order valence-corrected chi connectivity index (χ0v) is 9.62. The highest BCUT2D eigenvalue weighted by atomic mass is 16.5. The highest BCUT2D eigenvalue weighted by Crippen LogP contribution is 2.13. The molecule has 1 aliphatic heterocycles. The quantitative estimate of drug-likeness (QED) is 0.790. The van der Waals surface area contributed by atoms with Crippen molar-refractivity contribution < 1.29 is 9.32 Å². The summed E-state index contributed by atoms with van der Waals surface area (Å²) in [6.07, 6.45) is 0. The van der Waals surface area contributed by atoms with E-state index in [0.717, 1.165) is 18.8 Å². The van der Waals surface area contributed by atoms with E-state index in [4.69, 9.17) is 4.52 Å². The van der Waals surface area contributed by atoms with Crippen LogP contribution in [0, 0.1) is 5.92 Å².